The topological polar surface area (TPSA) is 79.3 Å². The average Bonchev–Trinajstić information content (AvgIpc) is 2.72. The lowest BCUT2D eigenvalue weighted by Crippen LogP contribution is -2.33. The maximum atomic E-state index is 11.8. The molecule has 0 saturated heterocycles. The summed E-state index contributed by atoms with van der Waals surface area (Å²) in [4.78, 5) is 26.5. The molecule has 1 aromatic rings. The Morgan fingerprint density at radius 3 is 2.74 bits per heavy atom. The van der Waals surface area contributed by atoms with Gasteiger partial charge in [0.05, 0.1) is 17.4 Å². The van der Waals surface area contributed by atoms with Gasteiger partial charge in [0.2, 0.25) is 5.91 Å². The third-order valence-corrected chi connectivity index (χ3v) is 4.32. The monoisotopic (exact) mass is 302 g/mol. The Hall–Kier alpha value is -1.08. The number of nitrogens with one attached hydrogen (secondary N) is 1. The summed E-state index contributed by atoms with van der Waals surface area (Å²) >= 11 is 2.72. The standard InChI is InChI=1S/C12H18N2O3S2/c1-7(2)5-13-11(17)8(3)19-12-14-9(6-18-12)4-10(15)16/h6-8H,4-5H2,1-3H3,(H,13,17)(H,15,16). The molecule has 0 radical (unpaired) electrons. The number of rotatable bonds is 7. The van der Waals surface area contributed by atoms with Crippen LogP contribution in [0.5, 0.6) is 0 Å². The Labute approximate surface area is 120 Å². The summed E-state index contributed by atoms with van der Waals surface area (Å²) in [5.41, 5.74) is 0.537. The molecule has 106 valence electrons. The van der Waals surface area contributed by atoms with Gasteiger partial charge in [-0.3, -0.25) is 9.59 Å². The first-order valence-electron chi connectivity index (χ1n) is 5.99. The SMILES string of the molecule is CC(C)CNC(=O)C(C)Sc1nc(CC(=O)O)cs1. The van der Waals surface area contributed by atoms with Gasteiger partial charge in [-0.05, 0) is 12.8 Å². The lowest BCUT2D eigenvalue weighted by molar-refractivity contribution is -0.136. The number of hydrogen-bond acceptors (Lipinski definition) is 5. The molecule has 2 N–H and O–H groups in total. The van der Waals surface area contributed by atoms with Crippen molar-refractivity contribution in [3.63, 3.8) is 0 Å². The fourth-order valence-corrected chi connectivity index (χ4v) is 3.24. The molecule has 19 heavy (non-hydrogen) atoms. The zero-order chi connectivity index (χ0) is 14.4. The van der Waals surface area contributed by atoms with Gasteiger partial charge in [-0.2, -0.15) is 0 Å². The van der Waals surface area contributed by atoms with Crippen molar-refractivity contribution in [1.29, 1.82) is 0 Å². The summed E-state index contributed by atoms with van der Waals surface area (Å²) in [7, 11) is 0. The minimum atomic E-state index is -0.899. The smallest absolute Gasteiger partial charge is 0.309 e. The first-order chi connectivity index (χ1) is 8.88. The number of nitrogens with zero attached hydrogens (tertiary/aromatic N) is 1. The number of amides is 1. The predicted molar refractivity (Wildman–Crippen MR) is 76.6 cm³/mol. The second-order valence-electron chi connectivity index (χ2n) is 4.57. The van der Waals surface area contributed by atoms with E-state index in [4.69, 9.17) is 5.11 Å². The van der Waals surface area contributed by atoms with Gasteiger partial charge >= 0.3 is 5.97 Å². The molecular formula is C12H18N2O3S2. The third-order valence-electron chi connectivity index (χ3n) is 2.19. The van der Waals surface area contributed by atoms with Gasteiger partial charge in [0.1, 0.15) is 0 Å². The summed E-state index contributed by atoms with van der Waals surface area (Å²) in [5.74, 6) is -0.499. The molecule has 0 aromatic carbocycles. The molecule has 0 aliphatic rings. The van der Waals surface area contributed by atoms with Crippen LogP contribution in [-0.2, 0) is 16.0 Å². The minimum Gasteiger partial charge on any atom is -0.481 e. The Balaban J connectivity index is 2.47. The van der Waals surface area contributed by atoms with E-state index in [0.29, 0.717) is 18.2 Å². The van der Waals surface area contributed by atoms with Crippen LogP contribution >= 0.6 is 23.1 Å². The molecule has 7 heteroatoms. The van der Waals surface area contributed by atoms with Crippen molar-refractivity contribution in [3.05, 3.63) is 11.1 Å². The van der Waals surface area contributed by atoms with Gasteiger partial charge in [0, 0.05) is 11.9 Å². The van der Waals surface area contributed by atoms with Crippen LogP contribution in [0, 0.1) is 5.92 Å². The predicted octanol–water partition coefficient (Wildman–Crippen LogP) is 2.02. The van der Waals surface area contributed by atoms with E-state index in [2.05, 4.69) is 10.3 Å². The van der Waals surface area contributed by atoms with E-state index in [1.165, 1.54) is 23.1 Å². The second-order valence-corrected chi connectivity index (χ2v) is 7.02. The van der Waals surface area contributed by atoms with E-state index in [0.717, 1.165) is 4.34 Å². The molecule has 0 aliphatic carbocycles. The molecule has 0 saturated carbocycles. The molecule has 1 amide bonds. The van der Waals surface area contributed by atoms with Crippen LogP contribution in [0.3, 0.4) is 0 Å². The molecule has 0 spiro atoms. The number of thioether (sulfide) groups is 1. The molecular weight excluding hydrogens is 284 g/mol. The highest BCUT2D eigenvalue weighted by Gasteiger charge is 2.16. The highest BCUT2D eigenvalue weighted by Crippen LogP contribution is 2.27. The summed E-state index contributed by atoms with van der Waals surface area (Å²) in [5, 5.41) is 13.0. The van der Waals surface area contributed by atoms with Crippen molar-refractivity contribution in [2.24, 2.45) is 5.92 Å². The van der Waals surface area contributed by atoms with E-state index in [1.54, 1.807) is 5.38 Å². The van der Waals surface area contributed by atoms with E-state index >= 15 is 0 Å². The number of aromatic nitrogens is 1. The first-order valence-corrected chi connectivity index (χ1v) is 7.75. The molecule has 0 fully saturated rings. The molecule has 1 heterocycles. The van der Waals surface area contributed by atoms with E-state index in [-0.39, 0.29) is 17.6 Å². The number of aliphatic carboxylic acids is 1. The van der Waals surface area contributed by atoms with Crippen molar-refractivity contribution in [2.75, 3.05) is 6.54 Å². The Morgan fingerprint density at radius 2 is 2.16 bits per heavy atom. The molecule has 1 aromatic heterocycles. The van der Waals surface area contributed by atoms with Crippen molar-refractivity contribution >= 4 is 35.0 Å². The maximum Gasteiger partial charge on any atom is 0.309 e. The van der Waals surface area contributed by atoms with Gasteiger partial charge in [-0.25, -0.2) is 4.98 Å². The van der Waals surface area contributed by atoms with Gasteiger partial charge in [0.25, 0.3) is 0 Å². The molecule has 5 nitrogen and oxygen atoms in total. The summed E-state index contributed by atoms with van der Waals surface area (Å²) in [6, 6.07) is 0. The fraction of sp³-hybridized carbons (Fsp3) is 0.583. The number of thiazole rings is 1. The zero-order valence-corrected chi connectivity index (χ0v) is 12.8. The van der Waals surface area contributed by atoms with E-state index in [1.807, 2.05) is 20.8 Å². The van der Waals surface area contributed by atoms with Crippen LogP contribution in [-0.4, -0.2) is 33.8 Å². The van der Waals surface area contributed by atoms with Gasteiger partial charge in [-0.15, -0.1) is 11.3 Å². The fourth-order valence-electron chi connectivity index (χ4n) is 1.23. The lowest BCUT2D eigenvalue weighted by atomic mass is 10.2. The van der Waals surface area contributed by atoms with Crippen molar-refractivity contribution in [3.8, 4) is 0 Å². The normalized spacial score (nSPS) is 12.4. The van der Waals surface area contributed by atoms with Crippen LogP contribution in [0.1, 0.15) is 26.5 Å². The lowest BCUT2D eigenvalue weighted by Gasteiger charge is -2.11. The number of hydrogen-bond donors (Lipinski definition) is 2. The quantitative estimate of drug-likeness (QED) is 0.753. The largest absolute Gasteiger partial charge is 0.481 e. The van der Waals surface area contributed by atoms with Crippen LogP contribution in [0.4, 0.5) is 0 Å². The van der Waals surface area contributed by atoms with Crippen LogP contribution < -0.4 is 5.32 Å². The first kappa shape index (κ1) is 16.0. The molecule has 1 atom stereocenters. The molecule has 0 aliphatic heterocycles. The zero-order valence-electron chi connectivity index (χ0n) is 11.2. The van der Waals surface area contributed by atoms with Crippen LogP contribution in [0.25, 0.3) is 0 Å². The van der Waals surface area contributed by atoms with Gasteiger partial charge in [0.15, 0.2) is 4.34 Å². The van der Waals surface area contributed by atoms with Crippen LogP contribution in [0.2, 0.25) is 0 Å². The molecule has 1 rings (SSSR count). The highest BCUT2D eigenvalue weighted by molar-refractivity contribution is 8.02. The number of carbonyl (C=O) groups is 2. The average molecular weight is 302 g/mol. The third kappa shape index (κ3) is 6.07. The molecule has 1 unspecified atom stereocenters. The Kier molecular flexibility index (Phi) is 6.30. The van der Waals surface area contributed by atoms with Gasteiger partial charge in [-0.1, -0.05) is 25.6 Å². The summed E-state index contributed by atoms with van der Waals surface area (Å²) < 4.78 is 0.725. The minimum absolute atomic E-state index is 0.0197. The van der Waals surface area contributed by atoms with E-state index in [9.17, 15) is 9.59 Å². The van der Waals surface area contributed by atoms with Crippen molar-refractivity contribution in [1.82, 2.24) is 10.3 Å². The van der Waals surface area contributed by atoms with E-state index < -0.39 is 5.97 Å². The second kappa shape index (κ2) is 7.49. The Morgan fingerprint density at radius 1 is 1.47 bits per heavy atom. The Bertz CT molecular complexity index is 446. The van der Waals surface area contributed by atoms with Gasteiger partial charge < -0.3 is 10.4 Å². The number of carboxylic acid groups (broad SMARTS) is 1. The number of carboxylic acids is 1. The number of carbonyl (C=O) groups excluding carboxylic acids is 1. The van der Waals surface area contributed by atoms with Crippen molar-refractivity contribution in [2.45, 2.75) is 36.8 Å². The van der Waals surface area contributed by atoms with Crippen LogP contribution in [0.15, 0.2) is 9.72 Å². The van der Waals surface area contributed by atoms with Crippen molar-refractivity contribution < 1.29 is 14.7 Å². The molecule has 0 bridgehead atoms. The maximum absolute atomic E-state index is 11.8. The summed E-state index contributed by atoms with van der Waals surface area (Å²) in [6.45, 7) is 6.55. The highest BCUT2D eigenvalue weighted by atomic mass is 32.2. The summed E-state index contributed by atoms with van der Waals surface area (Å²) in [6.07, 6.45) is -0.0784.